The van der Waals surface area contributed by atoms with Gasteiger partial charge in [0.25, 0.3) is 0 Å². The molecule has 0 aromatic heterocycles. The van der Waals surface area contributed by atoms with Crippen LogP contribution < -0.4 is 0 Å². The van der Waals surface area contributed by atoms with Gasteiger partial charge in [0.05, 0.1) is 11.0 Å². The second kappa shape index (κ2) is 7.66. The van der Waals surface area contributed by atoms with E-state index in [0.717, 1.165) is 5.56 Å². The standard InChI is InChI=1S/C18H22ClNO3S/c1-13(14-8-10-15(11-9-14)24(3,22)23)20(2)12-18(21)16-6-4-5-7-17(16)19/h4-11,13,18,21H,12H2,1-3H3/t13-,18-/m1/s1. The molecule has 130 valence electrons. The zero-order valence-electron chi connectivity index (χ0n) is 14.0. The minimum Gasteiger partial charge on any atom is -0.387 e. The van der Waals surface area contributed by atoms with Crippen molar-refractivity contribution in [3.8, 4) is 0 Å². The van der Waals surface area contributed by atoms with E-state index in [1.54, 1.807) is 30.3 Å². The number of halogens is 1. The minimum absolute atomic E-state index is 0.0238. The third kappa shape index (κ3) is 4.57. The van der Waals surface area contributed by atoms with Crippen LogP contribution in [-0.2, 0) is 9.84 Å². The normalized spacial score (nSPS) is 14.6. The molecule has 0 bridgehead atoms. The predicted molar refractivity (Wildman–Crippen MR) is 97.0 cm³/mol. The molecule has 0 unspecified atom stereocenters. The summed E-state index contributed by atoms with van der Waals surface area (Å²) in [5.41, 5.74) is 1.68. The zero-order chi connectivity index (χ0) is 17.9. The van der Waals surface area contributed by atoms with Crippen molar-refractivity contribution in [3.05, 3.63) is 64.7 Å². The second-order valence-corrected chi connectivity index (χ2v) is 8.42. The predicted octanol–water partition coefficient (Wildman–Crippen LogP) is 3.47. The molecule has 2 atom stereocenters. The molecule has 2 aromatic carbocycles. The van der Waals surface area contributed by atoms with Gasteiger partial charge in [-0.2, -0.15) is 0 Å². The number of hydrogen-bond donors (Lipinski definition) is 1. The maximum atomic E-state index is 11.5. The average molecular weight is 368 g/mol. The van der Waals surface area contributed by atoms with E-state index in [1.807, 2.05) is 37.1 Å². The van der Waals surface area contributed by atoms with Crippen LogP contribution in [0.1, 0.15) is 30.2 Å². The fraction of sp³-hybridized carbons (Fsp3) is 0.333. The number of nitrogens with zero attached hydrogens (tertiary/aromatic N) is 1. The van der Waals surface area contributed by atoms with Gasteiger partial charge >= 0.3 is 0 Å². The molecule has 6 heteroatoms. The van der Waals surface area contributed by atoms with Crippen LogP contribution in [0.4, 0.5) is 0 Å². The Morgan fingerprint density at radius 2 is 1.71 bits per heavy atom. The highest BCUT2D eigenvalue weighted by Crippen LogP contribution is 2.26. The molecule has 0 heterocycles. The van der Waals surface area contributed by atoms with Crippen LogP contribution in [0.25, 0.3) is 0 Å². The largest absolute Gasteiger partial charge is 0.387 e. The van der Waals surface area contributed by atoms with E-state index in [9.17, 15) is 13.5 Å². The van der Waals surface area contributed by atoms with E-state index in [4.69, 9.17) is 11.6 Å². The lowest BCUT2D eigenvalue weighted by Gasteiger charge is -2.28. The van der Waals surface area contributed by atoms with Crippen LogP contribution in [0, 0.1) is 0 Å². The molecular formula is C18H22ClNO3S. The Morgan fingerprint density at radius 3 is 2.25 bits per heavy atom. The van der Waals surface area contributed by atoms with Gasteiger partial charge in [0, 0.05) is 29.4 Å². The fourth-order valence-corrected chi connectivity index (χ4v) is 3.41. The summed E-state index contributed by atoms with van der Waals surface area (Å²) in [6, 6.07) is 14.1. The summed E-state index contributed by atoms with van der Waals surface area (Å²) in [6.45, 7) is 2.42. The second-order valence-electron chi connectivity index (χ2n) is 5.99. The van der Waals surface area contributed by atoms with Crippen LogP contribution in [0.15, 0.2) is 53.4 Å². The van der Waals surface area contributed by atoms with E-state index in [1.165, 1.54) is 6.26 Å². The Labute approximate surface area is 148 Å². The van der Waals surface area contributed by atoms with E-state index in [-0.39, 0.29) is 6.04 Å². The Balaban J connectivity index is 2.09. The molecule has 0 spiro atoms. The van der Waals surface area contributed by atoms with Crippen LogP contribution in [0.2, 0.25) is 5.02 Å². The molecule has 24 heavy (non-hydrogen) atoms. The summed E-state index contributed by atoms with van der Waals surface area (Å²) in [7, 11) is -1.28. The highest BCUT2D eigenvalue weighted by Gasteiger charge is 2.18. The first-order chi connectivity index (χ1) is 11.2. The van der Waals surface area contributed by atoms with Crippen LogP contribution >= 0.6 is 11.6 Å². The summed E-state index contributed by atoms with van der Waals surface area (Å²) >= 11 is 6.12. The van der Waals surface area contributed by atoms with Crippen molar-refractivity contribution in [2.24, 2.45) is 0 Å². The maximum Gasteiger partial charge on any atom is 0.175 e. The highest BCUT2D eigenvalue weighted by atomic mass is 35.5. The van der Waals surface area contributed by atoms with Gasteiger partial charge in [0.1, 0.15) is 0 Å². The molecule has 0 amide bonds. The molecular weight excluding hydrogens is 346 g/mol. The highest BCUT2D eigenvalue weighted by molar-refractivity contribution is 7.90. The summed E-state index contributed by atoms with van der Waals surface area (Å²) in [5, 5.41) is 11.0. The molecule has 2 rings (SSSR count). The third-order valence-corrected chi connectivity index (χ3v) is 5.65. The number of aliphatic hydroxyl groups excluding tert-OH is 1. The summed E-state index contributed by atoms with van der Waals surface area (Å²) in [5.74, 6) is 0. The van der Waals surface area contributed by atoms with Gasteiger partial charge in [-0.05, 0) is 37.7 Å². The Kier molecular flexibility index (Phi) is 6.04. The minimum atomic E-state index is -3.19. The maximum absolute atomic E-state index is 11.5. The van der Waals surface area contributed by atoms with Gasteiger partial charge in [0.2, 0.25) is 0 Å². The van der Waals surface area contributed by atoms with Gasteiger partial charge in [0.15, 0.2) is 9.84 Å². The SMILES string of the molecule is C[C@H](c1ccc(S(C)(=O)=O)cc1)N(C)C[C@@H](O)c1ccccc1Cl. The lowest BCUT2D eigenvalue weighted by molar-refractivity contribution is 0.108. The van der Waals surface area contributed by atoms with Crippen molar-refractivity contribution in [1.82, 2.24) is 4.90 Å². The van der Waals surface area contributed by atoms with Gasteiger partial charge in [-0.3, -0.25) is 4.90 Å². The molecule has 0 fully saturated rings. The zero-order valence-corrected chi connectivity index (χ0v) is 15.6. The molecule has 0 saturated heterocycles. The van der Waals surface area contributed by atoms with Gasteiger partial charge in [-0.1, -0.05) is 41.9 Å². The van der Waals surface area contributed by atoms with Crippen molar-refractivity contribution in [2.75, 3.05) is 19.8 Å². The lowest BCUT2D eigenvalue weighted by atomic mass is 10.1. The first-order valence-electron chi connectivity index (χ1n) is 7.63. The number of hydrogen-bond acceptors (Lipinski definition) is 4. The van der Waals surface area contributed by atoms with Crippen molar-refractivity contribution >= 4 is 21.4 Å². The number of benzene rings is 2. The van der Waals surface area contributed by atoms with Crippen LogP contribution in [0.3, 0.4) is 0 Å². The summed E-state index contributed by atoms with van der Waals surface area (Å²) < 4.78 is 23.1. The molecule has 0 radical (unpaired) electrons. The monoisotopic (exact) mass is 367 g/mol. The third-order valence-electron chi connectivity index (χ3n) is 4.18. The average Bonchev–Trinajstić information content (AvgIpc) is 2.53. The first kappa shape index (κ1) is 18.9. The fourth-order valence-electron chi connectivity index (χ4n) is 2.52. The van der Waals surface area contributed by atoms with Crippen molar-refractivity contribution < 1.29 is 13.5 Å². The molecule has 0 aliphatic heterocycles. The van der Waals surface area contributed by atoms with Crippen LogP contribution in [0.5, 0.6) is 0 Å². The quantitative estimate of drug-likeness (QED) is 0.849. The van der Waals surface area contributed by atoms with Crippen molar-refractivity contribution in [2.45, 2.75) is 24.0 Å². The number of sulfone groups is 1. The van der Waals surface area contributed by atoms with E-state index < -0.39 is 15.9 Å². The van der Waals surface area contributed by atoms with Gasteiger partial charge < -0.3 is 5.11 Å². The Hall–Kier alpha value is -1.40. The van der Waals surface area contributed by atoms with Gasteiger partial charge in [-0.15, -0.1) is 0 Å². The first-order valence-corrected chi connectivity index (χ1v) is 9.90. The number of aliphatic hydroxyl groups is 1. The Morgan fingerprint density at radius 1 is 1.12 bits per heavy atom. The van der Waals surface area contributed by atoms with Crippen molar-refractivity contribution in [3.63, 3.8) is 0 Å². The molecule has 2 aromatic rings. The van der Waals surface area contributed by atoms with E-state index in [0.29, 0.717) is 22.0 Å². The van der Waals surface area contributed by atoms with Gasteiger partial charge in [-0.25, -0.2) is 8.42 Å². The summed E-state index contributed by atoms with van der Waals surface area (Å²) in [6.07, 6.45) is 0.499. The van der Waals surface area contributed by atoms with Crippen LogP contribution in [-0.4, -0.2) is 38.3 Å². The lowest BCUT2D eigenvalue weighted by Crippen LogP contribution is -2.27. The number of rotatable bonds is 6. The molecule has 0 aliphatic carbocycles. The molecule has 0 saturated carbocycles. The van der Waals surface area contributed by atoms with Crippen molar-refractivity contribution in [1.29, 1.82) is 0 Å². The molecule has 1 N–H and O–H groups in total. The number of likely N-dealkylation sites (N-methyl/N-ethyl adjacent to an activating group) is 1. The summed E-state index contributed by atoms with van der Waals surface area (Å²) in [4.78, 5) is 2.31. The van der Waals surface area contributed by atoms with E-state index >= 15 is 0 Å². The van der Waals surface area contributed by atoms with E-state index in [2.05, 4.69) is 0 Å². The smallest absolute Gasteiger partial charge is 0.175 e. The molecule has 4 nitrogen and oxygen atoms in total. The molecule has 0 aliphatic rings. The topological polar surface area (TPSA) is 57.6 Å². The Bertz CT molecular complexity index is 790.